The van der Waals surface area contributed by atoms with Crippen LogP contribution < -0.4 is 5.32 Å². The molecule has 24 heavy (non-hydrogen) atoms. The van der Waals surface area contributed by atoms with Crippen LogP contribution in [0.3, 0.4) is 0 Å². The molecule has 0 bridgehead atoms. The Labute approximate surface area is 148 Å². The van der Waals surface area contributed by atoms with Gasteiger partial charge in [0.25, 0.3) is 0 Å². The van der Waals surface area contributed by atoms with E-state index in [0.717, 1.165) is 23.1 Å². The van der Waals surface area contributed by atoms with E-state index in [4.69, 9.17) is 0 Å². The van der Waals surface area contributed by atoms with E-state index in [2.05, 4.69) is 36.3 Å². The molecule has 126 valence electrons. The highest BCUT2D eigenvalue weighted by molar-refractivity contribution is 8.01. The van der Waals surface area contributed by atoms with Gasteiger partial charge in [0.05, 0.1) is 15.1 Å². The number of thioether (sulfide) groups is 1. The van der Waals surface area contributed by atoms with Crippen LogP contribution in [0.1, 0.15) is 32.3 Å². The molecule has 2 aliphatic heterocycles. The molecule has 7 heteroatoms. The topological polar surface area (TPSA) is 62.3 Å². The molecule has 2 amide bonds. The molecule has 0 radical (unpaired) electrons. The lowest BCUT2D eigenvalue weighted by atomic mass is 10.2. The number of amides is 2. The van der Waals surface area contributed by atoms with Crippen LogP contribution in [0.2, 0.25) is 0 Å². The summed E-state index contributed by atoms with van der Waals surface area (Å²) >= 11 is 3.19. The molecule has 2 saturated heterocycles. The van der Waals surface area contributed by atoms with E-state index in [9.17, 15) is 9.59 Å². The first-order valence-corrected chi connectivity index (χ1v) is 9.97. The van der Waals surface area contributed by atoms with E-state index in [0.29, 0.717) is 17.3 Å². The number of aryl methyl sites for hydroxylation is 1. The second-order valence-corrected chi connectivity index (χ2v) is 8.96. The number of thiazole rings is 1. The van der Waals surface area contributed by atoms with Crippen molar-refractivity contribution in [3.8, 4) is 0 Å². The zero-order chi connectivity index (χ0) is 16.9. The van der Waals surface area contributed by atoms with Crippen molar-refractivity contribution in [2.45, 2.75) is 44.0 Å². The van der Waals surface area contributed by atoms with E-state index >= 15 is 0 Å². The Kier molecular flexibility index (Phi) is 3.80. The van der Waals surface area contributed by atoms with Crippen LogP contribution in [0.25, 0.3) is 10.2 Å². The fourth-order valence-corrected chi connectivity index (χ4v) is 5.81. The molecule has 1 aromatic carbocycles. The number of nitrogens with zero attached hydrogens (tertiary/aromatic N) is 2. The molecule has 2 aliphatic rings. The van der Waals surface area contributed by atoms with Gasteiger partial charge in [-0.05, 0) is 37.5 Å². The maximum absolute atomic E-state index is 12.7. The van der Waals surface area contributed by atoms with Crippen molar-refractivity contribution in [1.29, 1.82) is 0 Å². The standard InChI is InChI=1S/C17H19N3O2S2/c1-3-10-4-5-11-13(8-10)24-16(18-11)19-15(22)12-9-23-17(2)7-6-14(21)20(12)17/h4-5,8,12H,3,6-7,9H2,1-2H3,(H,18,19,22)/t12-,17+/m0/s1. The third-order valence-electron chi connectivity index (χ3n) is 4.84. The van der Waals surface area contributed by atoms with Gasteiger partial charge in [-0.25, -0.2) is 4.98 Å². The summed E-state index contributed by atoms with van der Waals surface area (Å²) in [5, 5.41) is 3.53. The predicted molar refractivity (Wildman–Crippen MR) is 98.4 cm³/mol. The fraction of sp³-hybridized carbons (Fsp3) is 0.471. The van der Waals surface area contributed by atoms with Crippen LogP contribution in [0.4, 0.5) is 5.13 Å². The third-order valence-corrected chi connectivity index (χ3v) is 7.28. The highest BCUT2D eigenvalue weighted by Crippen LogP contribution is 2.47. The van der Waals surface area contributed by atoms with Gasteiger partial charge in [-0.3, -0.25) is 9.59 Å². The Hall–Kier alpha value is -1.60. The molecule has 0 unspecified atom stereocenters. The van der Waals surface area contributed by atoms with E-state index in [1.165, 1.54) is 16.9 Å². The predicted octanol–water partition coefficient (Wildman–Crippen LogP) is 3.25. The van der Waals surface area contributed by atoms with Crippen LogP contribution in [-0.4, -0.2) is 38.4 Å². The monoisotopic (exact) mass is 361 g/mol. The quantitative estimate of drug-likeness (QED) is 0.911. The highest BCUT2D eigenvalue weighted by Gasteiger charge is 2.52. The lowest BCUT2D eigenvalue weighted by molar-refractivity contribution is -0.135. The summed E-state index contributed by atoms with van der Waals surface area (Å²) in [5.74, 6) is 0.606. The Morgan fingerprint density at radius 3 is 3.12 bits per heavy atom. The number of fused-ring (bicyclic) bond motifs is 2. The molecule has 5 nitrogen and oxygen atoms in total. The number of aromatic nitrogens is 1. The van der Waals surface area contributed by atoms with Crippen LogP contribution in [0.5, 0.6) is 0 Å². The van der Waals surface area contributed by atoms with Crippen molar-refractivity contribution in [2.24, 2.45) is 0 Å². The maximum atomic E-state index is 12.7. The summed E-state index contributed by atoms with van der Waals surface area (Å²) < 4.78 is 1.08. The van der Waals surface area contributed by atoms with Crippen molar-refractivity contribution >= 4 is 50.3 Å². The number of carbonyl (C=O) groups excluding carboxylic acids is 2. The summed E-state index contributed by atoms with van der Waals surface area (Å²) in [5.41, 5.74) is 2.16. The summed E-state index contributed by atoms with van der Waals surface area (Å²) in [6, 6.07) is 5.78. The lowest BCUT2D eigenvalue weighted by Crippen LogP contribution is -2.48. The summed E-state index contributed by atoms with van der Waals surface area (Å²) in [4.78, 5) is 30.9. The first-order valence-electron chi connectivity index (χ1n) is 8.16. The number of rotatable bonds is 3. The van der Waals surface area contributed by atoms with Crippen LogP contribution in [0, 0.1) is 0 Å². The first-order chi connectivity index (χ1) is 11.5. The molecule has 2 fully saturated rings. The number of nitrogens with one attached hydrogen (secondary N) is 1. The Morgan fingerprint density at radius 2 is 2.33 bits per heavy atom. The van der Waals surface area contributed by atoms with Crippen LogP contribution in [-0.2, 0) is 16.0 Å². The Morgan fingerprint density at radius 1 is 1.50 bits per heavy atom. The number of anilines is 1. The van der Waals surface area contributed by atoms with Crippen molar-refractivity contribution < 1.29 is 9.59 Å². The molecule has 0 aliphatic carbocycles. The molecular formula is C17H19N3O2S2. The van der Waals surface area contributed by atoms with Gasteiger partial charge in [-0.1, -0.05) is 24.3 Å². The normalized spacial score (nSPS) is 26.2. The van der Waals surface area contributed by atoms with Crippen molar-refractivity contribution in [3.05, 3.63) is 23.8 Å². The molecule has 4 rings (SSSR count). The van der Waals surface area contributed by atoms with Gasteiger partial charge < -0.3 is 10.2 Å². The van der Waals surface area contributed by atoms with Crippen LogP contribution >= 0.6 is 23.1 Å². The van der Waals surface area contributed by atoms with Gasteiger partial charge in [0.15, 0.2) is 5.13 Å². The number of hydrogen-bond acceptors (Lipinski definition) is 5. The number of carbonyl (C=O) groups is 2. The summed E-state index contributed by atoms with van der Waals surface area (Å²) in [7, 11) is 0. The Balaban J connectivity index is 1.55. The molecule has 1 aromatic heterocycles. The lowest BCUT2D eigenvalue weighted by Gasteiger charge is -2.29. The Bertz CT molecular complexity index is 834. The average molecular weight is 361 g/mol. The first kappa shape index (κ1) is 15.9. The number of hydrogen-bond donors (Lipinski definition) is 1. The van der Waals surface area contributed by atoms with Crippen molar-refractivity contribution in [3.63, 3.8) is 0 Å². The number of benzene rings is 1. The average Bonchev–Trinajstić information content (AvgIpc) is 3.19. The maximum Gasteiger partial charge on any atom is 0.249 e. The van der Waals surface area contributed by atoms with Crippen molar-refractivity contribution in [1.82, 2.24) is 9.88 Å². The molecule has 2 atom stereocenters. The van der Waals surface area contributed by atoms with E-state index in [1.54, 1.807) is 16.7 Å². The largest absolute Gasteiger partial charge is 0.315 e. The van der Waals surface area contributed by atoms with Gasteiger partial charge in [-0.2, -0.15) is 0 Å². The minimum atomic E-state index is -0.395. The van der Waals surface area contributed by atoms with Gasteiger partial charge in [0, 0.05) is 12.2 Å². The minimum absolute atomic E-state index is 0.0829. The van der Waals surface area contributed by atoms with E-state index < -0.39 is 6.04 Å². The molecule has 1 N–H and O–H groups in total. The zero-order valence-corrected chi connectivity index (χ0v) is 15.3. The smallest absolute Gasteiger partial charge is 0.249 e. The minimum Gasteiger partial charge on any atom is -0.315 e. The summed E-state index contributed by atoms with van der Waals surface area (Å²) in [6.45, 7) is 4.17. The van der Waals surface area contributed by atoms with E-state index in [-0.39, 0.29) is 16.7 Å². The molecular weight excluding hydrogens is 342 g/mol. The SMILES string of the molecule is CCc1ccc2nc(NC(=O)[C@@H]3CS[C@]4(C)CCC(=O)N34)sc2c1. The second-order valence-electron chi connectivity index (χ2n) is 6.43. The molecule has 0 spiro atoms. The fourth-order valence-electron chi connectivity index (χ4n) is 3.45. The second kappa shape index (κ2) is 5.74. The van der Waals surface area contributed by atoms with Crippen molar-refractivity contribution in [2.75, 3.05) is 11.1 Å². The van der Waals surface area contributed by atoms with Crippen LogP contribution in [0.15, 0.2) is 18.2 Å². The van der Waals surface area contributed by atoms with Gasteiger partial charge in [0.2, 0.25) is 11.8 Å². The zero-order valence-electron chi connectivity index (χ0n) is 13.7. The highest BCUT2D eigenvalue weighted by atomic mass is 32.2. The molecule has 0 saturated carbocycles. The molecule has 2 aromatic rings. The summed E-state index contributed by atoms with van der Waals surface area (Å²) in [6.07, 6.45) is 2.33. The molecule has 3 heterocycles. The van der Waals surface area contributed by atoms with Gasteiger partial charge in [0.1, 0.15) is 6.04 Å². The van der Waals surface area contributed by atoms with Gasteiger partial charge >= 0.3 is 0 Å². The van der Waals surface area contributed by atoms with Gasteiger partial charge in [-0.15, -0.1) is 11.8 Å². The van der Waals surface area contributed by atoms with E-state index in [1.807, 2.05) is 6.07 Å². The third kappa shape index (κ3) is 2.50.